The zero-order valence-electron chi connectivity index (χ0n) is 26.5. The first kappa shape index (κ1) is 38.5. The Kier molecular flexibility index (Phi) is 13.6. The number of aliphatic carboxylic acids is 1. The number of halogens is 4. The van der Waals surface area contributed by atoms with Crippen LogP contribution in [0.2, 0.25) is 0 Å². The second-order valence-corrected chi connectivity index (χ2v) is 11.1. The van der Waals surface area contributed by atoms with Crippen LogP contribution in [-0.2, 0) is 11.3 Å². The Hall–Kier alpha value is -3.94. The summed E-state index contributed by atoms with van der Waals surface area (Å²) in [5.74, 6) is -2.85. The molecule has 0 aliphatic heterocycles. The van der Waals surface area contributed by atoms with Crippen LogP contribution in [0.1, 0.15) is 54.5 Å². The van der Waals surface area contributed by atoms with Crippen LogP contribution in [0.25, 0.3) is 28.3 Å². The average molecular weight is 677 g/mol. The zero-order valence-corrected chi connectivity index (χ0v) is 28.5. The van der Waals surface area contributed by atoms with Crippen LogP contribution in [0, 0.1) is 5.82 Å². The van der Waals surface area contributed by atoms with Crippen LogP contribution >= 0.6 is 0 Å². The Morgan fingerprint density at radius 1 is 0.938 bits per heavy atom. The van der Waals surface area contributed by atoms with Gasteiger partial charge >= 0.3 is 35.9 Å². The van der Waals surface area contributed by atoms with E-state index in [0.29, 0.717) is 33.5 Å². The van der Waals surface area contributed by atoms with Crippen LogP contribution in [0.4, 0.5) is 17.6 Å². The number of nitrogens with one attached hydrogen (secondary N) is 1. The molecule has 0 unspecified atom stereocenters. The molecule has 1 heterocycles. The normalized spacial score (nSPS) is 12.9. The minimum Gasteiger partial charge on any atom is -0.550 e. The summed E-state index contributed by atoms with van der Waals surface area (Å²) in [6.07, 6.45) is -5.46. The molecule has 0 saturated heterocycles. The number of hydrogen-bond donors (Lipinski definition) is 3. The first-order valence-electron chi connectivity index (χ1n) is 14.7. The van der Waals surface area contributed by atoms with E-state index in [0.717, 1.165) is 12.1 Å². The van der Waals surface area contributed by atoms with Crippen LogP contribution in [0.3, 0.4) is 0 Å². The van der Waals surface area contributed by atoms with E-state index in [1.807, 2.05) is 32.0 Å². The van der Waals surface area contributed by atoms with E-state index in [4.69, 9.17) is 0 Å². The fourth-order valence-electron chi connectivity index (χ4n) is 5.24. The molecule has 4 rings (SSSR count). The van der Waals surface area contributed by atoms with Crippen molar-refractivity contribution < 1.29 is 76.8 Å². The molecule has 0 radical (unpaired) electrons. The van der Waals surface area contributed by atoms with E-state index in [-0.39, 0.29) is 54.3 Å². The molecule has 48 heavy (non-hydrogen) atoms. The Balaban J connectivity index is 0.00000625. The van der Waals surface area contributed by atoms with Gasteiger partial charge in [0.1, 0.15) is 17.3 Å². The molecule has 0 bridgehead atoms. The molecule has 4 aromatic rings. The fraction of sp³-hybridized carbons (Fsp3) is 0.257. The summed E-state index contributed by atoms with van der Waals surface area (Å²) >= 11 is 0. The van der Waals surface area contributed by atoms with E-state index in [2.05, 4.69) is 10.1 Å². The monoisotopic (exact) mass is 676 g/mol. The van der Waals surface area contributed by atoms with Gasteiger partial charge in [-0.25, -0.2) is 4.39 Å². The molecule has 1 amide bonds. The summed E-state index contributed by atoms with van der Waals surface area (Å²) < 4.78 is 57.5. The largest absolute Gasteiger partial charge is 1.00 e. The summed E-state index contributed by atoms with van der Waals surface area (Å²) in [5, 5.41) is 34.4. The van der Waals surface area contributed by atoms with Gasteiger partial charge in [-0.1, -0.05) is 60.7 Å². The second kappa shape index (κ2) is 16.9. The minimum atomic E-state index is -4.84. The second-order valence-electron chi connectivity index (χ2n) is 11.1. The number of carbonyl (C=O) groups is 2. The van der Waals surface area contributed by atoms with Gasteiger partial charge in [0.05, 0.1) is 12.2 Å². The van der Waals surface area contributed by atoms with Gasteiger partial charge in [0.15, 0.2) is 0 Å². The molecule has 0 saturated carbocycles. The molecule has 3 aromatic carbocycles. The van der Waals surface area contributed by atoms with Crippen molar-refractivity contribution in [2.24, 2.45) is 0 Å². The van der Waals surface area contributed by atoms with E-state index in [1.165, 1.54) is 30.3 Å². The summed E-state index contributed by atoms with van der Waals surface area (Å²) in [4.78, 5) is 25.0. The predicted molar refractivity (Wildman–Crippen MR) is 165 cm³/mol. The molecule has 248 valence electrons. The van der Waals surface area contributed by atoms with Crippen molar-refractivity contribution >= 4 is 18.0 Å². The van der Waals surface area contributed by atoms with Gasteiger partial charge in [-0.2, -0.15) is 0 Å². The number of benzene rings is 3. The van der Waals surface area contributed by atoms with E-state index in [9.17, 15) is 42.5 Å². The van der Waals surface area contributed by atoms with Gasteiger partial charge in [0.25, 0.3) is 5.91 Å². The first-order chi connectivity index (χ1) is 22.2. The maximum atomic E-state index is 14.1. The van der Waals surface area contributed by atoms with Gasteiger partial charge in [0.2, 0.25) is 0 Å². The van der Waals surface area contributed by atoms with Crippen molar-refractivity contribution in [3.05, 3.63) is 108 Å². The number of carboxylic acids is 1. The molecule has 0 aliphatic rings. The van der Waals surface area contributed by atoms with Crippen molar-refractivity contribution in [1.29, 1.82) is 0 Å². The molecule has 1 aromatic heterocycles. The van der Waals surface area contributed by atoms with Crippen molar-refractivity contribution in [2.75, 3.05) is 0 Å². The van der Waals surface area contributed by atoms with E-state index in [1.54, 1.807) is 34.9 Å². The van der Waals surface area contributed by atoms with Gasteiger partial charge in [-0.05, 0) is 60.9 Å². The van der Waals surface area contributed by atoms with E-state index < -0.39 is 48.4 Å². The third-order valence-corrected chi connectivity index (χ3v) is 7.17. The Morgan fingerprint density at radius 3 is 2.10 bits per heavy atom. The van der Waals surface area contributed by atoms with Crippen LogP contribution < -0.4 is 44.7 Å². The number of aromatic nitrogens is 1. The summed E-state index contributed by atoms with van der Waals surface area (Å²) in [7, 11) is 0. The van der Waals surface area contributed by atoms with Crippen molar-refractivity contribution in [2.45, 2.75) is 57.8 Å². The predicted octanol–water partition coefficient (Wildman–Crippen LogP) is 2.64. The minimum absolute atomic E-state index is 0. The standard InChI is InChI=1S/C35H34F4N2O6.Na/c1-21(2)41-29(17-14-26(42)18-27(43)19-30(44)45)31(24-10-12-25(36)13-11-24)32(23-6-4-3-5-7-23)33(41)34(46)40-20-22-8-15-28(16-9-22)47-35(37,38)39;/h3-17,21,26-27,42-43H,18-20H2,1-2H3,(H,40,46)(H,44,45);/q;+1/p-1/b17-14+;/t26-,27-;/m1./s1. The van der Waals surface area contributed by atoms with Crippen molar-refractivity contribution in [3.63, 3.8) is 0 Å². The number of aliphatic hydroxyl groups is 2. The maximum absolute atomic E-state index is 14.1. The number of alkyl halides is 3. The molecular weight excluding hydrogens is 643 g/mol. The number of amides is 1. The third-order valence-electron chi connectivity index (χ3n) is 7.17. The summed E-state index contributed by atoms with van der Waals surface area (Å²) in [6, 6.07) is 19.4. The van der Waals surface area contributed by atoms with Crippen LogP contribution in [0.5, 0.6) is 5.75 Å². The van der Waals surface area contributed by atoms with Gasteiger partial charge < -0.3 is 34.7 Å². The molecule has 0 fully saturated rings. The molecule has 2 atom stereocenters. The SMILES string of the molecule is CC(C)n1c(/C=C/[C@@H](O)C[C@@H](O)CC(=O)[O-])c(-c2ccc(F)cc2)c(-c2ccccc2)c1C(=O)NCc1ccc(OC(F)(F)F)cc1.[Na+]. The molecule has 13 heteroatoms. The molecular formula is C35H33F4N2NaO6. The number of carboxylic acid groups (broad SMARTS) is 1. The zero-order chi connectivity index (χ0) is 34.3. The summed E-state index contributed by atoms with van der Waals surface area (Å²) in [6.45, 7) is 3.65. The molecule has 8 nitrogen and oxygen atoms in total. The number of carbonyl (C=O) groups excluding carboxylic acids is 2. The van der Waals surface area contributed by atoms with Gasteiger partial charge in [-0.15, -0.1) is 13.2 Å². The quantitative estimate of drug-likeness (QED) is 0.148. The van der Waals surface area contributed by atoms with Gasteiger partial charge in [0, 0.05) is 48.2 Å². The van der Waals surface area contributed by atoms with Crippen LogP contribution in [-0.4, -0.2) is 45.2 Å². The molecule has 3 N–H and O–H groups in total. The fourth-order valence-corrected chi connectivity index (χ4v) is 5.24. The number of aliphatic hydroxyl groups excluding tert-OH is 2. The number of nitrogens with zero attached hydrogens (tertiary/aromatic N) is 1. The maximum Gasteiger partial charge on any atom is 1.00 e. The molecule has 0 aliphatic carbocycles. The van der Waals surface area contributed by atoms with Crippen molar-refractivity contribution in [1.82, 2.24) is 9.88 Å². The Labute approximate surface area is 297 Å². The number of ether oxygens (including phenoxy) is 1. The molecule has 0 spiro atoms. The third kappa shape index (κ3) is 10.3. The number of rotatable bonds is 13. The topological polar surface area (TPSA) is 124 Å². The smallest absolute Gasteiger partial charge is 0.550 e. The average Bonchev–Trinajstić information content (AvgIpc) is 3.34. The van der Waals surface area contributed by atoms with E-state index >= 15 is 0 Å². The summed E-state index contributed by atoms with van der Waals surface area (Å²) in [5.41, 5.74) is 3.47. The van der Waals surface area contributed by atoms with Crippen LogP contribution in [0.15, 0.2) is 84.9 Å². The van der Waals surface area contributed by atoms with Gasteiger partial charge in [-0.3, -0.25) is 4.79 Å². The Morgan fingerprint density at radius 2 is 1.54 bits per heavy atom. The number of hydrogen-bond acceptors (Lipinski definition) is 6. The first-order valence-corrected chi connectivity index (χ1v) is 14.7. The Bertz CT molecular complexity index is 1710. The van der Waals surface area contributed by atoms with Crippen molar-refractivity contribution in [3.8, 4) is 28.0 Å².